The number of piperidine rings is 1. The summed E-state index contributed by atoms with van der Waals surface area (Å²) in [4.78, 5) is 17.4. The molecular weight excluding hydrogens is 458 g/mol. The SMILES string of the molecule is CCOc1ccc(-c2nc(CC(=O)Nc3cccc(S(=O)(=O)N4CCCCC4)c3)cs2)cc1. The van der Waals surface area contributed by atoms with Crippen molar-refractivity contribution in [1.82, 2.24) is 9.29 Å². The highest BCUT2D eigenvalue weighted by Gasteiger charge is 2.26. The monoisotopic (exact) mass is 485 g/mol. The summed E-state index contributed by atoms with van der Waals surface area (Å²) in [5.74, 6) is 0.563. The second kappa shape index (κ2) is 10.5. The van der Waals surface area contributed by atoms with E-state index in [1.165, 1.54) is 21.7 Å². The van der Waals surface area contributed by atoms with Gasteiger partial charge in [-0.15, -0.1) is 11.3 Å². The van der Waals surface area contributed by atoms with Crippen molar-refractivity contribution in [2.75, 3.05) is 25.0 Å². The maximum atomic E-state index is 12.9. The van der Waals surface area contributed by atoms with Gasteiger partial charge >= 0.3 is 0 Å². The van der Waals surface area contributed by atoms with Gasteiger partial charge in [0, 0.05) is 29.7 Å². The number of benzene rings is 2. The zero-order valence-corrected chi connectivity index (χ0v) is 20.1. The topological polar surface area (TPSA) is 88.6 Å². The molecule has 1 aliphatic heterocycles. The molecule has 2 aromatic carbocycles. The van der Waals surface area contributed by atoms with Crippen LogP contribution in [0.25, 0.3) is 10.6 Å². The Morgan fingerprint density at radius 3 is 2.61 bits per heavy atom. The predicted octanol–water partition coefficient (Wildman–Crippen LogP) is 4.56. The third-order valence-corrected chi connectivity index (χ3v) is 8.21. The van der Waals surface area contributed by atoms with Gasteiger partial charge in [-0.2, -0.15) is 4.31 Å². The number of hydrogen-bond donors (Lipinski definition) is 1. The Hall–Kier alpha value is -2.75. The van der Waals surface area contributed by atoms with Crippen LogP contribution in [-0.2, 0) is 21.2 Å². The summed E-state index contributed by atoms with van der Waals surface area (Å²) in [5, 5.41) is 5.50. The number of amides is 1. The summed E-state index contributed by atoms with van der Waals surface area (Å²) in [6, 6.07) is 14.1. The number of carbonyl (C=O) groups excluding carboxylic acids is 1. The summed E-state index contributed by atoms with van der Waals surface area (Å²) in [6.45, 7) is 3.64. The number of hydrogen-bond acceptors (Lipinski definition) is 6. The van der Waals surface area contributed by atoms with Gasteiger partial charge in [0.15, 0.2) is 0 Å². The maximum Gasteiger partial charge on any atom is 0.243 e. The molecule has 0 unspecified atom stereocenters. The first-order chi connectivity index (χ1) is 16.0. The number of nitrogens with one attached hydrogen (secondary N) is 1. The number of aromatic nitrogens is 1. The first kappa shape index (κ1) is 23.4. The van der Waals surface area contributed by atoms with Crippen molar-refractivity contribution in [2.24, 2.45) is 0 Å². The summed E-state index contributed by atoms with van der Waals surface area (Å²) in [6.07, 6.45) is 2.92. The molecule has 0 radical (unpaired) electrons. The molecule has 7 nitrogen and oxygen atoms in total. The lowest BCUT2D eigenvalue weighted by atomic mass is 10.2. The predicted molar refractivity (Wildman–Crippen MR) is 130 cm³/mol. The fourth-order valence-corrected chi connectivity index (χ4v) is 6.13. The van der Waals surface area contributed by atoms with Gasteiger partial charge in [0.25, 0.3) is 0 Å². The number of sulfonamides is 1. The molecule has 33 heavy (non-hydrogen) atoms. The van der Waals surface area contributed by atoms with E-state index in [2.05, 4.69) is 10.3 Å². The van der Waals surface area contributed by atoms with Gasteiger partial charge in [-0.25, -0.2) is 13.4 Å². The molecule has 174 valence electrons. The Kier molecular flexibility index (Phi) is 7.42. The van der Waals surface area contributed by atoms with E-state index in [1.54, 1.807) is 18.2 Å². The molecule has 1 amide bonds. The highest BCUT2D eigenvalue weighted by atomic mass is 32.2. The summed E-state index contributed by atoms with van der Waals surface area (Å²) >= 11 is 1.47. The van der Waals surface area contributed by atoms with E-state index >= 15 is 0 Å². The first-order valence-electron chi connectivity index (χ1n) is 11.0. The normalized spacial score (nSPS) is 14.7. The lowest BCUT2D eigenvalue weighted by Gasteiger charge is -2.26. The number of carbonyl (C=O) groups is 1. The molecule has 4 rings (SSSR count). The van der Waals surface area contributed by atoms with Crippen molar-refractivity contribution >= 4 is 33.0 Å². The fourth-order valence-electron chi connectivity index (χ4n) is 3.74. The molecule has 0 saturated carbocycles. The van der Waals surface area contributed by atoms with Gasteiger partial charge in [-0.3, -0.25) is 4.79 Å². The molecule has 2 heterocycles. The standard InChI is InChI=1S/C24H27N3O4S2/c1-2-31-21-11-9-18(10-12-21)24-26-20(17-32-24)16-23(28)25-19-7-6-8-22(15-19)33(29,30)27-13-4-3-5-14-27/h6-12,15,17H,2-5,13-14,16H2,1H3,(H,25,28). The molecular formula is C24H27N3O4S2. The first-order valence-corrected chi connectivity index (χ1v) is 13.4. The molecule has 1 saturated heterocycles. The van der Waals surface area contributed by atoms with E-state index in [0.29, 0.717) is 31.1 Å². The van der Waals surface area contributed by atoms with Crippen molar-refractivity contribution < 1.29 is 17.9 Å². The number of ether oxygens (including phenoxy) is 1. The smallest absolute Gasteiger partial charge is 0.243 e. The molecule has 0 bridgehead atoms. The van der Waals surface area contributed by atoms with Crippen LogP contribution in [0.2, 0.25) is 0 Å². The molecule has 0 atom stereocenters. The minimum atomic E-state index is -3.55. The van der Waals surface area contributed by atoms with Gasteiger partial charge < -0.3 is 10.1 Å². The van der Waals surface area contributed by atoms with Crippen LogP contribution in [0.15, 0.2) is 58.8 Å². The Bertz CT molecular complexity index is 1200. The Morgan fingerprint density at radius 2 is 1.88 bits per heavy atom. The molecule has 1 fully saturated rings. The zero-order chi connectivity index (χ0) is 23.3. The molecule has 1 aromatic heterocycles. The molecule has 0 aliphatic carbocycles. The van der Waals surface area contributed by atoms with Crippen LogP contribution in [0.3, 0.4) is 0 Å². The van der Waals surface area contributed by atoms with E-state index in [9.17, 15) is 13.2 Å². The van der Waals surface area contributed by atoms with Crippen molar-refractivity contribution in [2.45, 2.75) is 37.5 Å². The Balaban J connectivity index is 1.40. The Labute approximate surface area is 198 Å². The minimum Gasteiger partial charge on any atom is -0.494 e. The fraction of sp³-hybridized carbons (Fsp3) is 0.333. The van der Waals surface area contributed by atoms with Crippen LogP contribution < -0.4 is 10.1 Å². The Morgan fingerprint density at radius 1 is 1.12 bits per heavy atom. The van der Waals surface area contributed by atoms with Crippen molar-refractivity contribution in [3.05, 3.63) is 59.6 Å². The third kappa shape index (κ3) is 5.79. The van der Waals surface area contributed by atoms with E-state index in [4.69, 9.17) is 4.74 Å². The van der Waals surface area contributed by atoms with Crippen molar-refractivity contribution in [3.8, 4) is 16.3 Å². The van der Waals surface area contributed by atoms with Gasteiger partial charge in [-0.1, -0.05) is 12.5 Å². The maximum absolute atomic E-state index is 12.9. The highest BCUT2D eigenvalue weighted by molar-refractivity contribution is 7.89. The van der Waals surface area contributed by atoms with E-state index in [-0.39, 0.29) is 17.2 Å². The summed E-state index contributed by atoms with van der Waals surface area (Å²) < 4.78 is 32.8. The summed E-state index contributed by atoms with van der Waals surface area (Å²) in [7, 11) is -3.55. The van der Waals surface area contributed by atoms with Crippen LogP contribution in [0.1, 0.15) is 31.9 Å². The van der Waals surface area contributed by atoms with Gasteiger partial charge in [0.2, 0.25) is 15.9 Å². The number of thiazole rings is 1. The number of nitrogens with zero attached hydrogens (tertiary/aromatic N) is 2. The van der Waals surface area contributed by atoms with Gasteiger partial charge in [0.05, 0.1) is 23.6 Å². The molecule has 1 aliphatic rings. The van der Waals surface area contributed by atoms with Crippen LogP contribution in [-0.4, -0.2) is 43.3 Å². The zero-order valence-electron chi connectivity index (χ0n) is 18.5. The number of rotatable bonds is 8. The lowest BCUT2D eigenvalue weighted by Crippen LogP contribution is -2.35. The van der Waals surface area contributed by atoms with Crippen LogP contribution in [0.5, 0.6) is 5.75 Å². The van der Waals surface area contributed by atoms with Crippen LogP contribution in [0.4, 0.5) is 5.69 Å². The average Bonchev–Trinajstić information content (AvgIpc) is 3.29. The van der Waals surface area contributed by atoms with Gasteiger partial charge in [-0.05, 0) is 62.2 Å². The number of anilines is 1. The lowest BCUT2D eigenvalue weighted by molar-refractivity contribution is -0.115. The van der Waals surface area contributed by atoms with Crippen LogP contribution in [0, 0.1) is 0 Å². The molecule has 3 aromatic rings. The van der Waals surface area contributed by atoms with Crippen molar-refractivity contribution in [1.29, 1.82) is 0 Å². The quantitative estimate of drug-likeness (QED) is 0.505. The largest absolute Gasteiger partial charge is 0.494 e. The van der Waals surface area contributed by atoms with E-state index in [1.807, 2.05) is 36.6 Å². The van der Waals surface area contributed by atoms with E-state index in [0.717, 1.165) is 35.6 Å². The molecule has 9 heteroatoms. The van der Waals surface area contributed by atoms with Gasteiger partial charge in [0.1, 0.15) is 10.8 Å². The second-order valence-corrected chi connectivity index (χ2v) is 10.6. The highest BCUT2D eigenvalue weighted by Crippen LogP contribution is 2.26. The second-order valence-electron chi connectivity index (χ2n) is 7.82. The van der Waals surface area contributed by atoms with Crippen LogP contribution >= 0.6 is 11.3 Å². The van der Waals surface area contributed by atoms with E-state index < -0.39 is 10.0 Å². The summed E-state index contributed by atoms with van der Waals surface area (Å²) in [5.41, 5.74) is 2.09. The molecule has 0 spiro atoms. The third-order valence-electron chi connectivity index (χ3n) is 5.38. The average molecular weight is 486 g/mol. The van der Waals surface area contributed by atoms with Crippen molar-refractivity contribution in [3.63, 3.8) is 0 Å². The molecule has 1 N–H and O–H groups in total. The minimum absolute atomic E-state index is 0.108.